The van der Waals surface area contributed by atoms with Gasteiger partial charge in [0.15, 0.2) is 0 Å². The van der Waals surface area contributed by atoms with Crippen LogP contribution in [-0.2, 0) is 6.18 Å². The van der Waals surface area contributed by atoms with Gasteiger partial charge < -0.3 is 5.73 Å². The largest absolute Gasteiger partial charge is 0.417 e. The van der Waals surface area contributed by atoms with E-state index in [1.165, 1.54) is 0 Å². The zero-order chi connectivity index (χ0) is 14.2. The van der Waals surface area contributed by atoms with Crippen molar-refractivity contribution in [2.45, 2.75) is 6.18 Å². The van der Waals surface area contributed by atoms with Crippen molar-refractivity contribution in [1.82, 2.24) is 4.98 Å². The summed E-state index contributed by atoms with van der Waals surface area (Å²) < 4.78 is 65.3. The summed E-state index contributed by atoms with van der Waals surface area (Å²) in [5, 5.41) is 0. The topological polar surface area (TPSA) is 38.9 Å². The third-order valence-electron chi connectivity index (χ3n) is 2.50. The molecule has 0 spiro atoms. The Hall–Kier alpha value is -2.18. The summed E-state index contributed by atoms with van der Waals surface area (Å²) in [4.78, 5) is 3.51. The minimum Gasteiger partial charge on any atom is -0.396 e. The Bertz CT molecular complexity index is 622. The number of nitrogens with zero attached hydrogens (tertiary/aromatic N) is 1. The molecule has 1 heterocycles. The molecular formula is C12H7F5N2. The molecule has 19 heavy (non-hydrogen) atoms. The first kappa shape index (κ1) is 13.3. The first-order chi connectivity index (χ1) is 8.80. The molecule has 0 radical (unpaired) electrons. The van der Waals surface area contributed by atoms with Gasteiger partial charge in [-0.1, -0.05) is 0 Å². The van der Waals surface area contributed by atoms with Gasteiger partial charge in [-0.25, -0.2) is 8.78 Å². The molecule has 0 amide bonds. The number of nitrogens with two attached hydrogens (primary N) is 1. The zero-order valence-corrected chi connectivity index (χ0v) is 9.30. The number of hydrogen-bond acceptors (Lipinski definition) is 2. The summed E-state index contributed by atoms with van der Waals surface area (Å²) in [6, 6.07) is 1.96. The summed E-state index contributed by atoms with van der Waals surface area (Å²) >= 11 is 0. The molecule has 0 aliphatic heterocycles. The van der Waals surface area contributed by atoms with Crippen molar-refractivity contribution in [2.24, 2.45) is 0 Å². The number of anilines is 1. The normalized spacial score (nSPS) is 11.6. The lowest BCUT2D eigenvalue weighted by atomic mass is 10.0. The van der Waals surface area contributed by atoms with E-state index in [1.807, 2.05) is 0 Å². The van der Waals surface area contributed by atoms with Crippen LogP contribution in [0.3, 0.4) is 0 Å². The summed E-state index contributed by atoms with van der Waals surface area (Å²) in [6.45, 7) is 0. The van der Waals surface area contributed by atoms with E-state index in [2.05, 4.69) is 4.98 Å². The molecule has 2 nitrogen and oxygen atoms in total. The van der Waals surface area contributed by atoms with E-state index in [1.54, 1.807) is 0 Å². The molecule has 1 aromatic heterocycles. The van der Waals surface area contributed by atoms with Crippen LogP contribution in [0.5, 0.6) is 0 Å². The van der Waals surface area contributed by atoms with Gasteiger partial charge in [-0.3, -0.25) is 4.98 Å². The van der Waals surface area contributed by atoms with Gasteiger partial charge in [0.2, 0.25) is 0 Å². The Labute approximate surface area is 104 Å². The summed E-state index contributed by atoms with van der Waals surface area (Å²) in [5.41, 5.74) is 2.50. The van der Waals surface area contributed by atoms with Crippen LogP contribution >= 0.6 is 0 Å². The highest BCUT2D eigenvalue weighted by molar-refractivity contribution is 5.69. The number of benzene rings is 1. The number of nitrogen functional groups attached to an aromatic ring is 1. The lowest BCUT2D eigenvalue weighted by Crippen LogP contribution is -2.08. The summed E-state index contributed by atoms with van der Waals surface area (Å²) in [5.74, 6) is -2.04. The monoisotopic (exact) mass is 274 g/mol. The van der Waals surface area contributed by atoms with E-state index >= 15 is 0 Å². The van der Waals surface area contributed by atoms with Crippen molar-refractivity contribution < 1.29 is 22.0 Å². The van der Waals surface area contributed by atoms with Crippen molar-refractivity contribution in [2.75, 3.05) is 5.73 Å². The van der Waals surface area contributed by atoms with Gasteiger partial charge >= 0.3 is 6.18 Å². The highest BCUT2D eigenvalue weighted by atomic mass is 19.4. The van der Waals surface area contributed by atoms with Crippen molar-refractivity contribution in [1.29, 1.82) is 0 Å². The van der Waals surface area contributed by atoms with Crippen LogP contribution in [0.15, 0.2) is 30.6 Å². The maximum atomic E-state index is 13.6. The molecule has 0 bridgehead atoms. The van der Waals surface area contributed by atoms with Crippen LogP contribution in [0.1, 0.15) is 5.56 Å². The fourth-order valence-corrected chi connectivity index (χ4v) is 1.62. The highest BCUT2D eigenvalue weighted by Crippen LogP contribution is 2.38. The van der Waals surface area contributed by atoms with Crippen LogP contribution in [0.25, 0.3) is 11.1 Å². The van der Waals surface area contributed by atoms with Crippen molar-refractivity contribution >= 4 is 5.69 Å². The van der Waals surface area contributed by atoms with Gasteiger partial charge in [0, 0.05) is 29.6 Å². The number of aromatic nitrogens is 1. The van der Waals surface area contributed by atoms with Gasteiger partial charge in [0.1, 0.15) is 11.6 Å². The van der Waals surface area contributed by atoms with Crippen LogP contribution in [0.4, 0.5) is 27.6 Å². The molecule has 0 unspecified atom stereocenters. The van der Waals surface area contributed by atoms with Crippen molar-refractivity contribution in [3.8, 4) is 11.1 Å². The van der Waals surface area contributed by atoms with Crippen LogP contribution in [-0.4, -0.2) is 4.98 Å². The quantitative estimate of drug-likeness (QED) is 0.637. The van der Waals surface area contributed by atoms with E-state index in [0.717, 1.165) is 12.4 Å². The molecule has 2 aromatic rings. The van der Waals surface area contributed by atoms with E-state index in [9.17, 15) is 22.0 Å². The second-order valence-electron chi connectivity index (χ2n) is 3.77. The first-order valence-electron chi connectivity index (χ1n) is 5.07. The highest BCUT2D eigenvalue weighted by Gasteiger charge is 2.34. The van der Waals surface area contributed by atoms with Gasteiger partial charge in [-0.15, -0.1) is 0 Å². The van der Waals surface area contributed by atoms with Crippen molar-refractivity contribution in [3.05, 3.63) is 47.8 Å². The zero-order valence-electron chi connectivity index (χ0n) is 9.30. The molecule has 0 fully saturated rings. The minimum atomic E-state index is -4.69. The summed E-state index contributed by atoms with van der Waals surface area (Å²) in [6.07, 6.45) is -2.93. The summed E-state index contributed by atoms with van der Waals surface area (Å²) in [7, 11) is 0. The lowest BCUT2D eigenvalue weighted by molar-refractivity contribution is -0.137. The lowest BCUT2D eigenvalue weighted by Gasteiger charge is -2.13. The number of halogens is 5. The van der Waals surface area contributed by atoms with Crippen LogP contribution < -0.4 is 5.73 Å². The fourth-order valence-electron chi connectivity index (χ4n) is 1.62. The first-order valence-corrected chi connectivity index (χ1v) is 5.07. The number of hydrogen-bond donors (Lipinski definition) is 1. The van der Waals surface area contributed by atoms with E-state index in [-0.39, 0.29) is 0 Å². The number of rotatable bonds is 1. The Balaban J connectivity index is 2.70. The minimum absolute atomic E-state index is 0.473. The third kappa shape index (κ3) is 2.49. The third-order valence-corrected chi connectivity index (χ3v) is 2.50. The average Bonchev–Trinajstić information content (AvgIpc) is 2.33. The Morgan fingerprint density at radius 2 is 1.68 bits per heavy atom. The smallest absolute Gasteiger partial charge is 0.396 e. The maximum Gasteiger partial charge on any atom is 0.417 e. The average molecular weight is 274 g/mol. The second-order valence-corrected chi connectivity index (χ2v) is 3.77. The molecule has 7 heteroatoms. The van der Waals surface area contributed by atoms with Crippen LogP contribution in [0.2, 0.25) is 0 Å². The van der Waals surface area contributed by atoms with Crippen LogP contribution in [0, 0.1) is 11.6 Å². The predicted molar refractivity (Wildman–Crippen MR) is 59.0 cm³/mol. The molecule has 100 valence electrons. The molecule has 1 aromatic carbocycles. The Kier molecular flexibility index (Phi) is 3.13. The van der Waals surface area contributed by atoms with E-state index < -0.39 is 40.2 Å². The fraction of sp³-hybridized carbons (Fsp3) is 0.0833. The predicted octanol–water partition coefficient (Wildman–Crippen LogP) is 3.63. The van der Waals surface area contributed by atoms with Gasteiger partial charge in [-0.2, -0.15) is 13.2 Å². The van der Waals surface area contributed by atoms with Gasteiger partial charge in [0.05, 0.1) is 11.3 Å². The number of pyridine rings is 1. The van der Waals surface area contributed by atoms with Crippen molar-refractivity contribution in [3.63, 3.8) is 0 Å². The second kappa shape index (κ2) is 4.49. The molecule has 0 aliphatic rings. The molecule has 2 N–H and O–H groups in total. The Morgan fingerprint density at radius 1 is 1.00 bits per heavy atom. The maximum absolute atomic E-state index is 13.6. The molecule has 0 atom stereocenters. The SMILES string of the molecule is Nc1cc(F)c(-c2cnccc2C(F)(F)F)cc1F. The van der Waals surface area contributed by atoms with E-state index in [0.29, 0.717) is 18.2 Å². The Morgan fingerprint density at radius 3 is 2.32 bits per heavy atom. The molecule has 0 aliphatic carbocycles. The molecular weight excluding hydrogens is 267 g/mol. The molecule has 2 rings (SSSR count). The molecule has 0 saturated heterocycles. The molecule has 0 saturated carbocycles. The number of alkyl halides is 3. The van der Waals surface area contributed by atoms with E-state index in [4.69, 9.17) is 5.73 Å². The standard InChI is InChI=1S/C12H7F5N2/c13-9-4-11(18)10(14)3-6(9)7-5-19-2-1-8(7)12(15,16)17/h1-5H,18H2. The van der Waals surface area contributed by atoms with Gasteiger partial charge in [-0.05, 0) is 12.1 Å². The van der Waals surface area contributed by atoms with Gasteiger partial charge in [0.25, 0.3) is 0 Å².